The molecular weight excluding hydrogens is 1620 g/mol. The summed E-state index contributed by atoms with van der Waals surface area (Å²) >= 11 is 0. The lowest BCUT2D eigenvalue weighted by atomic mass is 9.92. The number of nitrogens with zero attached hydrogens (tertiary/aromatic N) is 13. The van der Waals surface area contributed by atoms with Crippen molar-refractivity contribution in [1.29, 1.82) is 0 Å². The summed E-state index contributed by atoms with van der Waals surface area (Å²) in [6, 6.07) is 67.5. The lowest BCUT2D eigenvalue weighted by molar-refractivity contribution is -0.130. The first-order chi connectivity index (χ1) is 62.7. The zero-order valence-electron chi connectivity index (χ0n) is 71.6. The highest BCUT2D eigenvalue weighted by atomic mass is 16.5. The molecule has 4 fully saturated rings. The molecule has 4 unspecified atom stereocenters. The van der Waals surface area contributed by atoms with Gasteiger partial charge in [-0.15, -0.1) is 5.10 Å². The Morgan fingerprint density at radius 3 is 0.930 bits per heavy atom. The fourth-order valence-electron chi connectivity index (χ4n) is 18.1. The molecular formula is C99H111N17O12. The number of amides is 4. The number of rotatable bonds is 20. The van der Waals surface area contributed by atoms with Crippen molar-refractivity contribution in [3.05, 3.63) is 284 Å². The van der Waals surface area contributed by atoms with Crippen LogP contribution in [0.25, 0.3) is 22.7 Å². The number of carbonyl (C=O) groups excluding carboxylic acids is 4. The summed E-state index contributed by atoms with van der Waals surface area (Å²) in [5, 5.41) is 69.2. The molecule has 4 amide bonds. The van der Waals surface area contributed by atoms with E-state index in [1.165, 1.54) is 5.56 Å². The molecule has 128 heavy (non-hydrogen) atoms. The van der Waals surface area contributed by atoms with Gasteiger partial charge in [0.05, 0.1) is 140 Å². The fourth-order valence-corrected chi connectivity index (χ4v) is 18.1. The van der Waals surface area contributed by atoms with Crippen LogP contribution in [0.1, 0.15) is 125 Å². The van der Waals surface area contributed by atoms with Gasteiger partial charge in [0.1, 0.15) is 23.0 Å². The Morgan fingerprint density at radius 1 is 0.320 bits per heavy atom. The quantitative estimate of drug-likeness (QED) is 0.0351. The van der Waals surface area contributed by atoms with Crippen LogP contribution in [0.3, 0.4) is 0 Å². The number of anilines is 4. The molecule has 20 rings (SSSR count). The van der Waals surface area contributed by atoms with Crippen molar-refractivity contribution in [2.75, 3.05) is 45.8 Å². The molecule has 0 radical (unpaired) electrons. The van der Waals surface area contributed by atoms with E-state index in [0.29, 0.717) is 75.4 Å². The number of para-hydroxylation sites is 8. The zero-order chi connectivity index (χ0) is 87.7. The number of hydrogen-bond donors (Lipinski definition) is 8. The molecule has 8 aromatic carbocycles. The van der Waals surface area contributed by atoms with Crippen LogP contribution >= 0.6 is 0 Å². The maximum Gasteiger partial charge on any atom is 0.263 e. The molecule has 4 aromatic heterocycles. The maximum atomic E-state index is 13.0. The van der Waals surface area contributed by atoms with Gasteiger partial charge >= 0.3 is 0 Å². The summed E-state index contributed by atoms with van der Waals surface area (Å²) in [7, 11) is 0. The van der Waals surface area contributed by atoms with Gasteiger partial charge in [0.2, 0.25) is 0 Å². The Kier molecular flexibility index (Phi) is 28.1. The second kappa shape index (κ2) is 41.4. The average molecular weight is 1730 g/mol. The summed E-state index contributed by atoms with van der Waals surface area (Å²) in [4.78, 5) is 66.4. The minimum atomic E-state index is -0.633. The number of aromatic nitrogens is 9. The molecule has 0 saturated heterocycles. The predicted molar refractivity (Wildman–Crippen MR) is 485 cm³/mol. The second-order valence-corrected chi connectivity index (χ2v) is 34.1. The normalized spacial score (nSPS) is 22.7. The zero-order valence-corrected chi connectivity index (χ0v) is 71.6. The molecule has 4 aliphatic heterocycles. The highest BCUT2D eigenvalue weighted by Gasteiger charge is 2.39. The molecule has 8 N–H and O–H groups in total. The molecule has 12 aromatic rings. The predicted octanol–water partition coefficient (Wildman–Crippen LogP) is 11.6. The van der Waals surface area contributed by atoms with Gasteiger partial charge in [-0.1, -0.05) is 154 Å². The topological polar surface area (TPSA) is 331 Å². The van der Waals surface area contributed by atoms with E-state index in [2.05, 4.69) is 132 Å². The summed E-state index contributed by atoms with van der Waals surface area (Å²) in [5.74, 6) is 2.16. The molecule has 0 spiro atoms. The van der Waals surface area contributed by atoms with E-state index >= 15 is 0 Å². The number of benzene rings is 8. The monoisotopic (exact) mass is 1730 g/mol. The molecule has 8 aliphatic rings. The van der Waals surface area contributed by atoms with Crippen LogP contribution in [0, 0.1) is 0 Å². The minimum absolute atomic E-state index is 0.154. The third-order valence-corrected chi connectivity index (χ3v) is 25.1. The highest BCUT2D eigenvalue weighted by molar-refractivity contribution is 5.86. The Balaban J connectivity index is 0.000000120. The van der Waals surface area contributed by atoms with Crippen molar-refractivity contribution in [2.24, 2.45) is 0 Å². The van der Waals surface area contributed by atoms with Crippen molar-refractivity contribution < 1.29 is 58.6 Å². The van der Waals surface area contributed by atoms with Gasteiger partial charge < -0.3 is 89.4 Å². The van der Waals surface area contributed by atoms with Crippen LogP contribution in [0.4, 0.5) is 22.7 Å². The van der Waals surface area contributed by atoms with E-state index < -0.39 is 48.8 Å². The van der Waals surface area contributed by atoms with Gasteiger partial charge in [0, 0.05) is 62.3 Å². The van der Waals surface area contributed by atoms with Gasteiger partial charge in [0.15, 0.2) is 24.4 Å². The SMILES string of the molecule is O=C(N[C@H]1CCCC[C@@H]1O)C1CN(Cc2ccc(-n3cccc3)cc2)c2ccccc2O1.O=C(N[C@H]1CCCC[C@@H]1O)C1CN(Cc2ccc(-n3ccnc3)cc2)c2ccccc2O1.O=C(N[C@H]1CCCC[C@@H]1O)C1CN(Cc2ccc(-n3ccnn3)cc2)c2ccccc2O1.O=C(N[C@H]1CCCC[C@@H]1O)C1CN(Cc2ccc(-n3nccn3)cc2)c2ccccc2O1. The van der Waals surface area contributed by atoms with Crippen molar-refractivity contribution in [3.63, 3.8) is 0 Å². The number of aliphatic hydroxyl groups is 4. The number of hydrogen-bond acceptors (Lipinski definition) is 21. The summed E-state index contributed by atoms with van der Waals surface area (Å²) in [6.45, 7) is 4.43. The van der Waals surface area contributed by atoms with E-state index in [4.69, 9.17) is 18.9 Å². The van der Waals surface area contributed by atoms with Gasteiger partial charge in [-0.2, -0.15) is 15.0 Å². The second-order valence-electron chi connectivity index (χ2n) is 34.1. The lowest BCUT2D eigenvalue weighted by Gasteiger charge is -2.37. The van der Waals surface area contributed by atoms with Crippen molar-refractivity contribution in [1.82, 2.24) is 65.4 Å². The number of imidazole rings is 1. The fraction of sp³-hybridized carbons (Fsp3) is 0.364. The molecule has 4 aliphatic carbocycles. The molecule has 8 heterocycles. The van der Waals surface area contributed by atoms with Crippen LogP contribution in [0.15, 0.2) is 262 Å². The van der Waals surface area contributed by atoms with E-state index in [0.717, 1.165) is 165 Å². The lowest BCUT2D eigenvalue weighted by Crippen LogP contribution is -2.54. The van der Waals surface area contributed by atoms with Crippen LogP contribution in [-0.2, 0) is 45.4 Å². The van der Waals surface area contributed by atoms with E-state index in [1.54, 1.807) is 46.8 Å². The number of aliphatic hydroxyl groups excluding tert-OH is 4. The Bertz CT molecular complexity index is 4890. The molecule has 29 heteroatoms. The highest BCUT2D eigenvalue weighted by Crippen LogP contribution is 2.40. The maximum absolute atomic E-state index is 13.0. The first-order valence-corrected chi connectivity index (χ1v) is 44.9. The minimum Gasteiger partial charge on any atom is -0.477 e. The number of fused-ring (bicyclic) bond motifs is 4. The van der Waals surface area contributed by atoms with Crippen LogP contribution in [0.5, 0.6) is 23.0 Å². The van der Waals surface area contributed by atoms with Crippen LogP contribution < -0.4 is 59.8 Å². The van der Waals surface area contributed by atoms with Crippen LogP contribution in [-0.4, -0.2) is 187 Å². The van der Waals surface area contributed by atoms with Gasteiger partial charge in [0.25, 0.3) is 23.6 Å². The van der Waals surface area contributed by atoms with Crippen molar-refractivity contribution >= 4 is 46.4 Å². The van der Waals surface area contributed by atoms with Gasteiger partial charge in [-0.25, -0.2) is 9.67 Å². The van der Waals surface area contributed by atoms with E-state index in [9.17, 15) is 39.6 Å². The Morgan fingerprint density at radius 2 is 0.625 bits per heavy atom. The number of ether oxygens (including phenoxy) is 4. The van der Waals surface area contributed by atoms with Gasteiger partial charge in [-0.3, -0.25) is 19.2 Å². The average Bonchev–Trinajstić information content (AvgIpc) is 1.04. The van der Waals surface area contributed by atoms with Gasteiger partial charge in [-0.05, 0) is 183 Å². The van der Waals surface area contributed by atoms with E-state index in [1.807, 2.05) is 169 Å². The summed E-state index contributed by atoms with van der Waals surface area (Å²) in [6.07, 6.45) is 26.1. The number of carbonyl (C=O) groups is 4. The Labute approximate surface area is 744 Å². The van der Waals surface area contributed by atoms with Crippen LogP contribution in [0.2, 0.25) is 0 Å². The molecule has 12 atom stereocenters. The first kappa shape index (κ1) is 86.8. The third kappa shape index (κ3) is 21.7. The largest absolute Gasteiger partial charge is 0.477 e. The molecule has 664 valence electrons. The molecule has 4 saturated carbocycles. The summed E-state index contributed by atoms with van der Waals surface area (Å²) < 4.78 is 30.0. The van der Waals surface area contributed by atoms with Crippen molar-refractivity contribution in [2.45, 2.75) is 202 Å². The van der Waals surface area contributed by atoms with Crippen molar-refractivity contribution in [3.8, 4) is 45.7 Å². The smallest absolute Gasteiger partial charge is 0.263 e. The third-order valence-electron chi connectivity index (χ3n) is 25.1. The number of nitrogens with one attached hydrogen (secondary N) is 4. The van der Waals surface area contributed by atoms with E-state index in [-0.39, 0.29) is 47.8 Å². The standard InChI is InChI=1S/C26H29N3O3.C25H28N4O3.2C24H27N5O3/c30-23-9-3-1-7-21(23)27-26(31)25-18-29(22-8-2-4-10-24(22)32-25)17-19-11-13-20(14-12-19)28-15-5-6-16-28;30-22-7-3-1-5-20(22)27-25(31)24-16-29(21-6-2-4-8-23(21)32-24)15-18-9-11-19(12-10-18)28-14-13-26-17-28;30-21-7-3-1-5-19(21)26-24(31)23-16-28(20-6-2-4-8-22(20)32-23)15-17-9-11-18(12-10-17)29-14-13-25-27-29;30-21-7-3-1-5-19(21)27-24(31)23-16-28(20-6-2-4-8-22(20)32-23)15-17-9-11-18(12-10-17)29-25-13-14-26-29/h2,4-6,8,10-16,21,23,25,30H,1,3,7,9,17-18H2,(H,27,31);2,4,6,8-14,17,20,22,24,30H,1,3,5,7,15-16H2,(H,27,31);2,4,6,8-14,19,21,23,30H,1,3,5,7,15-16H2,(H,26,31);2,4,6,8-14,19,21,23,30H,1,3,5,7,15-16H2,(H,27,31)/t21-,23-,25?;20-,22-,24?;2*19-,21-,23?/m0000/s1. The molecule has 0 bridgehead atoms. The Hall–Kier alpha value is -13.4. The summed E-state index contributed by atoms with van der Waals surface area (Å²) in [5.41, 5.74) is 12.4. The molecule has 29 nitrogen and oxygen atoms in total. The first-order valence-electron chi connectivity index (χ1n) is 44.9.